The molecule has 2 aromatic rings. The highest BCUT2D eigenvalue weighted by Gasteiger charge is 2.10. The van der Waals surface area contributed by atoms with E-state index in [1.54, 1.807) is 19.2 Å². The number of nitrogens with one attached hydrogen (secondary N) is 1. The molecule has 2 rings (SSSR count). The first kappa shape index (κ1) is 13.8. The van der Waals surface area contributed by atoms with E-state index in [9.17, 15) is 4.79 Å². The molecule has 6 nitrogen and oxygen atoms in total. The van der Waals surface area contributed by atoms with Gasteiger partial charge in [-0.3, -0.25) is 10.1 Å². The average molecular weight is 269 g/mol. The molecule has 0 saturated carbocycles. The van der Waals surface area contributed by atoms with Crippen LogP contribution in [-0.2, 0) is 7.05 Å². The maximum atomic E-state index is 12.1. The van der Waals surface area contributed by atoms with Crippen LogP contribution < -0.4 is 11.1 Å². The molecule has 1 aromatic heterocycles. The van der Waals surface area contributed by atoms with Gasteiger partial charge in [0.2, 0.25) is 5.95 Å². The zero-order valence-corrected chi connectivity index (χ0v) is 11.3. The molecule has 3 N–H and O–H groups in total. The maximum Gasteiger partial charge on any atom is 0.258 e. The molecule has 0 bridgehead atoms. The Bertz CT molecular complexity index is 693. The fraction of sp³-hybridized carbons (Fsp3) is 0.214. The van der Waals surface area contributed by atoms with Crippen molar-refractivity contribution in [2.45, 2.75) is 6.92 Å². The van der Waals surface area contributed by atoms with Crippen LogP contribution in [0.1, 0.15) is 21.5 Å². The third kappa shape index (κ3) is 3.02. The summed E-state index contributed by atoms with van der Waals surface area (Å²) in [7, 11) is 1.71. The normalized spacial score (nSPS) is 9.75. The summed E-state index contributed by atoms with van der Waals surface area (Å²) in [5.41, 5.74) is 7.68. The van der Waals surface area contributed by atoms with Crippen molar-refractivity contribution < 1.29 is 4.79 Å². The molecular weight excluding hydrogens is 254 g/mol. The third-order valence-corrected chi connectivity index (χ3v) is 2.75. The van der Waals surface area contributed by atoms with E-state index in [2.05, 4.69) is 27.2 Å². The quantitative estimate of drug-likeness (QED) is 0.785. The number of anilines is 1. The number of aromatic nitrogens is 3. The average Bonchev–Trinajstić information content (AvgIpc) is 2.83. The van der Waals surface area contributed by atoms with E-state index in [-0.39, 0.29) is 5.91 Å². The molecule has 102 valence electrons. The van der Waals surface area contributed by atoms with Gasteiger partial charge in [-0.25, -0.2) is 4.68 Å². The highest BCUT2D eigenvalue weighted by molar-refractivity contribution is 6.03. The van der Waals surface area contributed by atoms with Crippen LogP contribution in [0.15, 0.2) is 24.5 Å². The maximum absolute atomic E-state index is 12.1. The van der Waals surface area contributed by atoms with Gasteiger partial charge in [-0.05, 0) is 30.7 Å². The summed E-state index contributed by atoms with van der Waals surface area (Å²) in [6, 6.07) is 5.31. The SMILES string of the molecule is Cc1cc(C(=O)Nc2ncnn2C)ccc1C#CCN. The van der Waals surface area contributed by atoms with Crippen LogP contribution in [0.4, 0.5) is 5.95 Å². The standard InChI is InChI=1S/C14H15N5O/c1-10-8-12(6-5-11(10)4-3-7-15)13(20)18-14-16-9-17-19(14)2/h5-6,8-9H,7,15H2,1-2H3,(H,16,17,18,20). The molecular formula is C14H15N5O. The Balaban J connectivity index is 2.19. The number of nitrogens with zero attached hydrogens (tertiary/aromatic N) is 3. The molecule has 6 heteroatoms. The number of rotatable bonds is 2. The summed E-state index contributed by atoms with van der Waals surface area (Å²) in [6.45, 7) is 2.22. The minimum absolute atomic E-state index is 0.234. The molecule has 0 unspecified atom stereocenters. The van der Waals surface area contributed by atoms with Gasteiger partial charge in [-0.1, -0.05) is 11.8 Å². The summed E-state index contributed by atoms with van der Waals surface area (Å²) in [5.74, 6) is 5.92. The Labute approximate surface area is 117 Å². The Kier molecular flexibility index (Phi) is 4.13. The highest BCUT2D eigenvalue weighted by Crippen LogP contribution is 2.11. The van der Waals surface area contributed by atoms with Gasteiger partial charge in [0.05, 0.1) is 6.54 Å². The zero-order chi connectivity index (χ0) is 14.5. The number of benzene rings is 1. The Morgan fingerprint density at radius 1 is 1.50 bits per heavy atom. The lowest BCUT2D eigenvalue weighted by atomic mass is 10.0. The molecule has 1 heterocycles. The molecule has 0 aliphatic carbocycles. The van der Waals surface area contributed by atoms with Gasteiger partial charge >= 0.3 is 0 Å². The van der Waals surface area contributed by atoms with Gasteiger partial charge in [0.25, 0.3) is 5.91 Å². The Morgan fingerprint density at radius 2 is 2.30 bits per heavy atom. The van der Waals surface area contributed by atoms with E-state index < -0.39 is 0 Å². The van der Waals surface area contributed by atoms with Crippen molar-refractivity contribution in [2.75, 3.05) is 11.9 Å². The van der Waals surface area contributed by atoms with Crippen LogP contribution in [0.5, 0.6) is 0 Å². The first-order valence-corrected chi connectivity index (χ1v) is 6.06. The fourth-order valence-electron chi connectivity index (χ4n) is 1.67. The smallest absolute Gasteiger partial charge is 0.258 e. The molecule has 0 spiro atoms. The summed E-state index contributed by atoms with van der Waals surface area (Å²) < 4.78 is 1.49. The van der Waals surface area contributed by atoms with Gasteiger partial charge < -0.3 is 5.73 Å². The number of nitrogens with two attached hydrogens (primary N) is 1. The van der Waals surface area contributed by atoms with E-state index in [1.807, 2.05) is 13.0 Å². The zero-order valence-electron chi connectivity index (χ0n) is 11.3. The van der Waals surface area contributed by atoms with Crippen molar-refractivity contribution in [2.24, 2.45) is 12.8 Å². The minimum Gasteiger partial charge on any atom is -0.320 e. The predicted octanol–water partition coefficient (Wildman–Crippen LogP) is 0.686. The van der Waals surface area contributed by atoms with Gasteiger partial charge in [0, 0.05) is 18.2 Å². The number of amides is 1. The fourth-order valence-corrected chi connectivity index (χ4v) is 1.67. The molecule has 0 atom stereocenters. The molecule has 1 amide bonds. The van der Waals surface area contributed by atoms with Crippen LogP contribution in [-0.4, -0.2) is 27.2 Å². The van der Waals surface area contributed by atoms with Crippen molar-refractivity contribution in [3.8, 4) is 11.8 Å². The van der Waals surface area contributed by atoms with Crippen molar-refractivity contribution in [1.82, 2.24) is 14.8 Å². The van der Waals surface area contributed by atoms with Gasteiger partial charge in [0.15, 0.2) is 0 Å². The van der Waals surface area contributed by atoms with Crippen LogP contribution in [0.3, 0.4) is 0 Å². The molecule has 0 aliphatic heterocycles. The van der Waals surface area contributed by atoms with E-state index in [1.165, 1.54) is 11.0 Å². The van der Waals surface area contributed by atoms with E-state index in [0.717, 1.165) is 11.1 Å². The number of carbonyl (C=O) groups is 1. The summed E-state index contributed by atoms with van der Waals surface area (Å²) in [4.78, 5) is 16.0. The van der Waals surface area contributed by atoms with E-state index >= 15 is 0 Å². The lowest BCUT2D eigenvalue weighted by molar-refractivity contribution is 0.102. The highest BCUT2D eigenvalue weighted by atomic mass is 16.1. The van der Waals surface area contributed by atoms with E-state index in [0.29, 0.717) is 18.1 Å². The topological polar surface area (TPSA) is 85.8 Å². The first-order valence-electron chi connectivity index (χ1n) is 6.06. The largest absolute Gasteiger partial charge is 0.320 e. The summed E-state index contributed by atoms with van der Waals surface area (Å²) in [5, 5.41) is 6.58. The lowest BCUT2D eigenvalue weighted by Crippen LogP contribution is -2.15. The van der Waals surface area contributed by atoms with E-state index in [4.69, 9.17) is 5.73 Å². The third-order valence-electron chi connectivity index (χ3n) is 2.75. The van der Waals surface area contributed by atoms with Crippen molar-refractivity contribution in [3.05, 3.63) is 41.2 Å². The van der Waals surface area contributed by atoms with Crippen LogP contribution in [0.2, 0.25) is 0 Å². The number of hydrogen-bond acceptors (Lipinski definition) is 4. The van der Waals surface area contributed by atoms with Gasteiger partial charge in [0.1, 0.15) is 6.33 Å². The van der Waals surface area contributed by atoms with Crippen molar-refractivity contribution in [3.63, 3.8) is 0 Å². The number of aryl methyl sites for hydroxylation is 2. The molecule has 0 saturated heterocycles. The lowest BCUT2D eigenvalue weighted by Gasteiger charge is -2.05. The molecule has 0 aliphatic rings. The molecule has 0 fully saturated rings. The molecule has 20 heavy (non-hydrogen) atoms. The van der Waals surface area contributed by atoms with Gasteiger partial charge in [-0.2, -0.15) is 10.1 Å². The second kappa shape index (κ2) is 5.99. The number of carbonyl (C=O) groups excluding carboxylic acids is 1. The second-order valence-electron chi connectivity index (χ2n) is 4.20. The minimum atomic E-state index is -0.234. The van der Waals surface area contributed by atoms with Crippen molar-refractivity contribution >= 4 is 11.9 Å². The Hall–Kier alpha value is -2.65. The molecule has 1 aromatic carbocycles. The molecule has 0 radical (unpaired) electrons. The second-order valence-corrected chi connectivity index (χ2v) is 4.20. The Morgan fingerprint density at radius 3 is 2.90 bits per heavy atom. The van der Waals surface area contributed by atoms with Crippen LogP contribution >= 0.6 is 0 Å². The van der Waals surface area contributed by atoms with Crippen molar-refractivity contribution in [1.29, 1.82) is 0 Å². The first-order chi connectivity index (χ1) is 9.61. The summed E-state index contributed by atoms with van der Waals surface area (Å²) in [6.07, 6.45) is 1.38. The van der Waals surface area contributed by atoms with Gasteiger partial charge in [-0.15, -0.1) is 0 Å². The van der Waals surface area contributed by atoms with Crippen LogP contribution in [0.25, 0.3) is 0 Å². The summed E-state index contributed by atoms with van der Waals surface area (Å²) >= 11 is 0. The monoisotopic (exact) mass is 269 g/mol. The number of hydrogen-bond donors (Lipinski definition) is 2. The van der Waals surface area contributed by atoms with Crippen LogP contribution in [0, 0.1) is 18.8 Å². The predicted molar refractivity (Wildman–Crippen MR) is 76.1 cm³/mol.